The number of hydrazone groups is 1. The highest BCUT2D eigenvalue weighted by molar-refractivity contribution is 5.96. The van der Waals surface area contributed by atoms with Crippen LogP contribution in [0.2, 0.25) is 0 Å². The number of carbonyl (C=O) groups is 1. The minimum Gasteiger partial charge on any atom is -0.463 e. The van der Waals surface area contributed by atoms with Crippen LogP contribution in [0.1, 0.15) is 26.0 Å². The van der Waals surface area contributed by atoms with E-state index in [0.717, 1.165) is 0 Å². The molecule has 1 heterocycles. The summed E-state index contributed by atoms with van der Waals surface area (Å²) in [4.78, 5) is 10.8. The minimum absolute atomic E-state index is 0.106. The number of nitrogens with one attached hydrogen (secondary N) is 1. The van der Waals surface area contributed by atoms with Gasteiger partial charge in [0.1, 0.15) is 11.5 Å². The van der Waals surface area contributed by atoms with E-state index >= 15 is 0 Å². The van der Waals surface area contributed by atoms with Crippen LogP contribution in [0.3, 0.4) is 0 Å². The molecule has 0 saturated carbocycles. The zero-order valence-electron chi connectivity index (χ0n) is 7.70. The normalized spacial score (nSPS) is 11.4. The smallest absolute Gasteiger partial charge is 0.239 e. The van der Waals surface area contributed by atoms with E-state index in [4.69, 9.17) is 4.42 Å². The van der Waals surface area contributed by atoms with E-state index in [1.807, 2.05) is 0 Å². The van der Waals surface area contributed by atoms with Crippen LogP contribution >= 0.6 is 0 Å². The average molecular weight is 180 g/mol. The van der Waals surface area contributed by atoms with Crippen molar-refractivity contribution in [2.45, 2.75) is 20.3 Å². The van der Waals surface area contributed by atoms with E-state index in [9.17, 15) is 4.79 Å². The summed E-state index contributed by atoms with van der Waals surface area (Å²) in [5, 5.41) is 3.86. The molecule has 0 spiro atoms. The van der Waals surface area contributed by atoms with Crippen molar-refractivity contribution < 1.29 is 9.21 Å². The van der Waals surface area contributed by atoms with Crippen LogP contribution in [0.4, 0.5) is 0 Å². The second kappa shape index (κ2) is 4.45. The maximum absolute atomic E-state index is 10.8. The lowest BCUT2D eigenvalue weighted by Gasteiger charge is -1.97. The molecule has 4 heteroatoms. The molecule has 0 bridgehead atoms. The standard InChI is InChI=1S/C9H12N2O2/c1-3-9(12)11-10-7(2)8-5-4-6-13-8/h4-6H,3H2,1-2H3,(H,11,12)/b10-7-. The Labute approximate surface area is 76.6 Å². The molecule has 0 fully saturated rings. The molecule has 0 aromatic carbocycles. The Kier molecular flexibility index (Phi) is 3.25. The topological polar surface area (TPSA) is 54.6 Å². The summed E-state index contributed by atoms with van der Waals surface area (Å²) in [5.41, 5.74) is 3.07. The lowest BCUT2D eigenvalue weighted by atomic mass is 10.3. The van der Waals surface area contributed by atoms with Crippen LogP contribution in [0, 0.1) is 0 Å². The number of furan rings is 1. The molecule has 1 aromatic heterocycles. The van der Waals surface area contributed by atoms with Gasteiger partial charge in [-0.1, -0.05) is 6.92 Å². The lowest BCUT2D eigenvalue weighted by molar-refractivity contribution is -0.120. The third-order valence-corrected chi connectivity index (χ3v) is 1.55. The summed E-state index contributed by atoms with van der Waals surface area (Å²) >= 11 is 0. The Morgan fingerprint density at radius 2 is 2.46 bits per heavy atom. The first kappa shape index (κ1) is 9.51. The van der Waals surface area contributed by atoms with Crippen LogP contribution in [0.5, 0.6) is 0 Å². The third kappa shape index (κ3) is 2.74. The van der Waals surface area contributed by atoms with Gasteiger partial charge in [0.25, 0.3) is 0 Å². The molecule has 4 nitrogen and oxygen atoms in total. The Morgan fingerprint density at radius 3 is 3.00 bits per heavy atom. The largest absolute Gasteiger partial charge is 0.463 e. The van der Waals surface area contributed by atoms with Crippen molar-refractivity contribution in [2.75, 3.05) is 0 Å². The molecule has 1 aromatic rings. The summed E-state index contributed by atoms with van der Waals surface area (Å²) in [5.74, 6) is 0.558. The van der Waals surface area contributed by atoms with Crippen LogP contribution < -0.4 is 5.43 Å². The first-order valence-corrected chi connectivity index (χ1v) is 4.11. The highest BCUT2D eigenvalue weighted by Crippen LogP contribution is 2.00. The van der Waals surface area contributed by atoms with Crippen molar-refractivity contribution in [1.29, 1.82) is 0 Å². The number of rotatable bonds is 3. The number of nitrogens with zero attached hydrogens (tertiary/aromatic N) is 1. The zero-order valence-corrected chi connectivity index (χ0v) is 7.70. The van der Waals surface area contributed by atoms with Crippen LogP contribution in [0.15, 0.2) is 27.9 Å². The molecule has 0 saturated heterocycles. The van der Waals surface area contributed by atoms with Gasteiger partial charge in [0.2, 0.25) is 5.91 Å². The number of hydrogen-bond donors (Lipinski definition) is 1. The van der Waals surface area contributed by atoms with E-state index in [1.54, 1.807) is 32.2 Å². The quantitative estimate of drug-likeness (QED) is 0.566. The highest BCUT2D eigenvalue weighted by Gasteiger charge is 2.00. The first-order valence-electron chi connectivity index (χ1n) is 4.11. The van der Waals surface area contributed by atoms with E-state index in [1.165, 1.54) is 0 Å². The predicted octanol–water partition coefficient (Wildman–Crippen LogP) is 1.53. The Hall–Kier alpha value is -1.58. The van der Waals surface area contributed by atoms with Gasteiger partial charge in [-0.25, -0.2) is 5.43 Å². The van der Waals surface area contributed by atoms with Gasteiger partial charge in [-0.2, -0.15) is 5.10 Å². The van der Waals surface area contributed by atoms with Crippen molar-refractivity contribution in [2.24, 2.45) is 5.10 Å². The fourth-order valence-corrected chi connectivity index (χ4v) is 0.765. The molecule has 1 amide bonds. The second-order valence-electron chi connectivity index (χ2n) is 2.56. The Balaban J connectivity index is 2.57. The molecule has 0 radical (unpaired) electrons. The maximum Gasteiger partial charge on any atom is 0.239 e. The monoisotopic (exact) mass is 180 g/mol. The molecule has 70 valence electrons. The van der Waals surface area contributed by atoms with Crippen LogP contribution in [0.25, 0.3) is 0 Å². The second-order valence-corrected chi connectivity index (χ2v) is 2.56. The van der Waals surface area contributed by atoms with Gasteiger partial charge in [-0.15, -0.1) is 0 Å². The van der Waals surface area contributed by atoms with Gasteiger partial charge >= 0.3 is 0 Å². The SMILES string of the molecule is CCC(=O)N/N=C(/C)c1ccco1. The van der Waals surface area contributed by atoms with Gasteiger partial charge < -0.3 is 4.42 Å². The van der Waals surface area contributed by atoms with Gasteiger partial charge in [0.05, 0.1) is 6.26 Å². The van der Waals surface area contributed by atoms with Gasteiger partial charge in [0, 0.05) is 6.42 Å². The van der Waals surface area contributed by atoms with Crippen LogP contribution in [-0.2, 0) is 4.79 Å². The van der Waals surface area contributed by atoms with Crippen molar-refractivity contribution >= 4 is 11.6 Å². The van der Waals surface area contributed by atoms with Gasteiger partial charge in [-0.05, 0) is 19.1 Å². The molecular weight excluding hydrogens is 168 g/mol. The summed E-state index contributed by atoms with van der Waals surface area (Å²) < 4.78 is 5.08. The fourth-order valence-electron chi connectivity index (χ4n) is 0.765. The van der Waals surface area contributed by atoms with Crippen molar-refractivity contribution in [3.05, 3.63) is 24.2 Å². The number of amides is 1. The maximum atomic E-state index is 10.8. The van der Waals surface area contributed by atoms with Gasteiger partial charge in [-0.3, -0.25) is 4.79 Å². The molecule has 0 unspecified atom stereocenters. The molecule has 0 atom stereocenters. The average Bonchev–Trinajstić information content (AvgIpc) is 2.66. The summed E-state index contributed by atoms with van der Waals surface area (Å²) in [6.45, 7) is 3.54. The highest BCUT2D eigenvalue weighted by atomic mass is 16.3. The van der Waals surface area contributed by atoms with Crippen molar-refractivity contribution in [3.63, 3.8) is 0 Å². The third-order valence-electron chi connectivity index (χ3n) is 1.55. The van der Waals surface area contributed by atoms with Crippen molar-refractivity contribution in [1.82, 2.24) is 5.43 Å². The zero-order chi connectivity index (χ0) is 9.68. The molecule has 1 N–H and O–H groups in total. The molecule has 0 aliphatic carbocycles. The summed E-state index contributed by atoms with van der Waals surface area (Å²) in [7, 11) is 0. The molecule has 0 aliphatic rings. The van der Waals surface area contributed by atoms with Crippen molar-refractivity contribution in [3.8, 4) is 0 Å². The van der Waals surface area contributed by atoms with Crippen LogP contribution in [-0.4, -0.2) is 11.6 Å². The summed E-state index contributed by atoms with van der Waals surface area (Å²) in [6.07, 6.45) is 1.99. The van der Waals surface area contributed by atoms with Gasteiger partial charge in [0.15, 0.2) is 0 Å². The number of carbonyl (C=O) groups excluding carboxylic acids is 1. The summed E-state index contributed by atoms with van der Waals surface area (Å²) in [6, 6.07) is 3.56. The number of hydrogen-bond acceptors (Lipinski definition) is 3. The lowest BCUT2D eigenvalue weighted by Crippen LogP contribution is -2.17. The molecular formula is C9H12N2O2. The Bertz CT molecular complexity index is 301. The fraction of sp³-hybridized carbons (Fsp3) is 0.333. The Morgan fingerprint density at radius 1 is 1.69 bits per heavy atom. The van der Waals surface area contributed by atoms with E-state index < -0.39 is 0 Å². The molecule has 13 heavy (non-hydrogen) atoms. The molecule has 0 aliphatic heterocycles. The molecule has 1 rings (SSSR count). The van der Waals surface area contributed by atoms with E-state index in [2.05, 4.69) is 10.5 Å². The van der Waals surface area contributed by atoms with E-state index in [0.29, 0.717) is 17.9 Å². The minimum atomic E-state index is -0.106. The predicted molar refractivity (Wildman–Crippen MR) is 49.4 cm³/mol. The van der Waals surface area contributed by atoms with E-state index in [-0.39, 0.29) is 5.91 Å². The first-order chi connectivity index (χ1) is 6.24.